The lowest BCUT2D eigenvalue weighted by Crippen LogP contribution is -2.10. The zero-order valence-electron chi connectivity index (χ0n) is 8.14. The standard InChI is InChI=1S/C12H11NO2/c1-2-4-11-9(3-1)7-10(13-11)8-12-14-5-6-15-12/h1-7,12-13H,8H2. The average Bonchev–Trinajstić information content (AvgIpc) is 2.86. The fourth-order valence-electron chi connectivity index (χ4n) is 1.79. The number of benzene rings is 1. The number of rotatable bonds is 2. The Balaban J connectivity index is 1.85. The monoisotopic (exact) mass is 201 g/mol. The van der Waals surface area contributed by atoms with E-state index in [0.717, 1.165) is 17.6 Å². The summed E-state index contributed by atoms with van der Waals surface area (Å²) in [6.45, 7) is 0. The highest BCUT2D eigenvalue weighted by Crippen LogP contribution is 2.18. The highest BCUT2D eigenvalue weighted by atomic mass is 16.7. The van der Waals surface area contributed by atoms with E-state index in [0.29, 0.717) is 0 Å². The molecule has 0 bridgehead atoms. The van der Waals surface area contributed by atoms with Crippen molar-refractivity contribution >= 4 is 10.9 Å². The normalized spacial score (nSPS) is 15.5. The number of fused-ring (bicyclic) bond motifs is 1. The van der Waals surface area contributed by atoms with Crippen LogP contribution in [-0.2, 0) is 15.9 Å². The predicted molar refractivity (Wildman–Crippen MR) is 57.1 cm³/mol. The van der Waals surface area contributed by atoms with Gasteiger partial charge in [0.25, 0.3) is 0 Å². The van der Waals surface area contributed by atoms with Gasteiger partial charge in [-0.3, -0.25) is 0 Å². The van der Waals surface area contributed by atoms with Crippen molar-refractivity contribution in [1.29, 1.82) is 0 Å². The minimum Gasteiger partial charge on any atom is -0.459 e. The van der Waals surface area contributed by atoms with E-state index in [2.05, 4.69) is 23.2 Å². The third kappa shape index (κ3) is 1.56. The van der Waals surface area contributed by atoms with Crippen LogP contribution in [0.15, 0.2) is 42.9 Å². The van der Waals surface area contributed by atoms with Gasteiger partial charge in [-0.25, -0.2) is 0 Å². The molecule has 0 unspecified atom stereocenters. The molecule has 2 aromatic rings. The molecule has 0 saturated heterocycles. The van der Waals surface area contributed by atoms with Gasteiger partial charge in [0, 0.05) is 11.2 Å². The van der Waals surface area contributed by atoms with Crippen LogP contribution in [0.2, 0.25) is 0 Å². The third-order valence-electron chi connectivity index (χ3n) is 2.49. The van der Waals surface area contributed by atoms with E-state index < -0.39 is 0 Å². The van der Waals surface area contributed by atoms with Gasteiger partial charge < -0.3 is 14.5 Å². The molecule has 76 valence electrons. The lowest BCUT2D eigenvalue weighted by atomic mass is 10.2. The Morgan fingerprint density at radius 3 is 2.73 bits per heavy atom. The van der Waals surface area contributed by atoms with E-state index >= 15 is 0 Å². The molecular formula is C12H11NO2. The van der Waals surface area contributed by atoms with Gasteiger partial charge in [0.1, 0.15) is 12.5 Å². The summed E-state index contributed by atoms with van der Waals surface area (Å²) in [6, 6.07) is 10.3. The summed E-state index contributed by atoms with van der Waals surface area (Å²) in [5.74, 6) is 0. The molecule has 1 aromatic heterocycles. The van der Waals surface area contributed by atoms with Gasteiger partial charge in [-0.2, -0.15) is 0 Å². The summed E-state index contributed by atoms with van der Waals surface area (Å²) in [4.78, 5) is 3.33. The summed E-state index contributed by atoms with van der Waals surface area (Å²) in [5, 5.41) is 1.22. The molecule has 2 heterocycles. The molecular weight excluding hydrogens is 190 g/mol. The third-order valence-corrected chi connectivity index (χ3v) is 2.49. The number of aromatic nitrogens is 1. The first kappa shape index (κ1) is 8.41. The minimum absolute atomic E-state index is 0.182. The molecule has 0 radical (unpaired) electrons. The van der Waals surface area contributed by atoms with E-state index in [1.807, 2.05) is 12.1 Å². The fourth-order valence-corrected chi connectivity index (χ4v) is 1.79. The number of H-pyrrole nitrogens is 1. The maximum absolute atomic E-state index is 5.23. The van der Waals surface area contributed by atoms with Gasteiger partial charge in [0.2, 0.25) is 6.29 Å². The predicted octanol–water partition coefficient (Wildman–Crippen LogP) is 2.55. The molecule has 0 amide bonds. The lowest BCUT2D eigenvalue weighted by molar-refractivity contribution is -0.0214. The Labute approximate surface area is 87.3 Å². The van der Waals surface area contributed by atoms with E-state index in [9.17, 15) is 0 Å². The fraction of sp³-hybridized carbons (Fsp3) is 0.167. The van der Waals surface area contributed by atoms with Crippen LogP contribution in [0.3, 0.4) is 0 Å². The van der Waals surface area contributed by atoms with E-state index in [1.54, 1.807) is 12.5 Å². The van der Waals surface area contributed by atoms with Crippen molar-refractivity contribution in [3.63, 3.8) is 0 Å². The van der Waals surface area contributed by atoms with Gasteiger partial charge in [0.05, 0.1) is 6.42 Å². The van der Waals surface area contributed by atoms with Crippen molar-refractivity contribution in [2.75, 3.05) is 0 Å². The molecule has 3 nitrogen and oxygen atoms in total. The topological polar surface area (TPSA) is 34.2 Å². The van der Waals surface area contributed by atoms with Crippen molar-refractivity contribution < 1.29 is 9.47 Å². The molecule has 1 aliphatic heterocycles. The number of nitrogens with one attached hydrogen (secondary N) is 1. The molecule has 0 aliphatic carbocycles. The van der Waals surface area contributed by atoms with Gasteiger partial charge in [0.15, 0.2) is 0 Å². The van der Waals surface area contributed by atoms with Crippen molar-refractivity contribution in [2.45, 2.75) is 12.7 Å². The molecule has 3 heteroatoms. The Bertz CT molecular complexity index is 460. The quantitative estimate of drug-likeness (QED) is 0.810. The molecule has 0 saturated carbocycles. The average molecular weight is 201 g/mol. The molecule has 1 N–H and O–H groups in total. The van der Waals surface area contributed by atoms with Gasteiger partial charge in [-0.15, -0.1) is 0 Å². The Morgan fingerprint density at radius 2 is 1.93 bits per heavy atom. The van der Waals surface area contributed by atoms with Crippen LogP contribution in [0.25, 0.3) is 10.9 Å². The molecule has 0 fully saturated rings. The van der Waals surface area contributed by atoms with E-state index in [4.69, 9.17) is 9.47 Å². The zero-order valence-corrected chi connectivity index (χ0v) is 8.14. The van der Waals surface area contributed by atoms with Crippen LogP contribution in [0.4, 0.5) is 0 Å². The van der Waals surface area contributed by atoms with Crippen LogP contribution >= 0.6 is 0 Å². The number of hydrogen-bond donors (Lipinski definition) is 1. The second-order valence-corrected chi connectivity index (χ2v) is 3.56. The first-order valence-electron chi connectivity index (χ1n) is 4.94. The van der Waals surface area contributed by atoms with Crippen molar-refractivity contribution in [3.8, 4) is 0 Å². The van der Waals surface area contributed by atoms with E-state index in [1.165, 1.54) is 5.39 Å². The van der Waals surface area contributed by atoms with E-state index in [-0.39, 0.29) is 6.29 Å². The van der Waals surface area contributed by atoms with Crippen LogP contribution < -0.4 is 0 Å². The molecule has 1 aliphatic rings. The Hall–Kier alpha value is -1.90. The zero-order chi connectivity index (χ0) is 10.1. The van der Waals surface area contributed by atoms with Crippen molar-refractivity contribution in [1.82, 2.24) is 4.98 Å². The molecule has 0 spiro atoms. The van der Waals surface area contributed by atoms with Gasteiger partial charge in [-0.1, -0.05) is 18.2 Å². The molecule has 1 aromatic carbocycles. The highest BCUT2D eigenvalue weighted by Gasteiger charge is 2.14. The molecule has 0 atom stereocenters. The number of ether oxygens (including phenoxy) is 2. The second kappa shape index (κ2) is 3.35. The number of para-hydroxylation sites is 1. The van der Waals surface area contributed by atoms with Gasteiger partial charge >= 0.3 is 0 Å². The number of hydrogen-bond acceptors (Lipinski definition) is 2. The maximum atomic E-state index is 5.23. The first-order valence-corrected chi connectivity index (χ1v) is 4.94. The summed E-state index contributed by atoms with van der Waals surface area (Å²) in [7, 11) is 0. The summed E-state index contributed by atoms with van der Waals surface area (Å²) in [6.07, 6.45) is 3.71. The lowest BCUT2D eigenvalue weighted by Gasteiger charge is -2.07. The maximum Gasteiger partial charge on any atom is 0.245 e. The van der Waals surface area contributed by atoms with Crippen LogP contribution in [-0.4, -0.2) is 11.3 Å². The van der Waals surface area contributed by atoms with Crippen LogP contribution in [0.1, 0.15) is 5.69 Å². The summed E-state index contributed by atoms with van der Waals surface area (Å²) in [5.41, 5.74) is 2.28. The smallest absolute Gasteiger partial charge is 0.245 e. The highest BCUT2D eigenvalue weighted by molar-refractivity contribution is 5.80. The van der Waals surface area contributed by atoms with Gasteiger partial charge in [-0.05, 0) is 17.5 Å². The Kier molecular flexibility index (Phi) is 1.88. The molecule has 3 rings (SSSR count). The SMILES string of the molecule is C1=COC(Cc2cc3ccccc3[nH]2)O1. The number of aromatic amines is 1. The second-order valence-electron chi connectivity index (χ2n) is 3.56. The van der Waals surface area contributed by atoms with Crippen LogP contribution in [0, 0.1) is 0 Å². The van der Waals surface area contributed by atoms with Crippen LogP contribution in [0.5, 0.6) is 0 Å². The summed E-state index contributed by atoms with van der Waals surface area (Å²) >= 11 is 0. The largest absolute Gasteiger partial charge is 0.459 e. The van der Waals surface area contributed by atoms with Crippen molar-refractivity contribution in [3.05, 3.63) is 48.5 Å². The van der Waals surface area contributed by atoms with Crippen molar-refractivity contribution in [2.24, 2.45) is 0 Å². The minimum atomic E-state index is -0.182. The first-order chi connectivity index (χ1) is 7.42. The molecule has 15 heavy (non-hydrogen) atoms. The summed E-state index contributed by atoms with van der Waals surface area (Å²) < 4.78 is 10.5. The Morgan fingerprint density at radius 1 is 1.13 bits per heavy atom.